The summed E-state index contributed by atoms with van der Waals surface area (Å²) in [6.07, 6.45) is 17.4. The molecule has 0 aromatic carbocycles. The molecule has 0 saturated heterocycles. The van der Waals surface area contributed by atoms with Crippen LogP contribution in [0, 0.1) is 0 Å². The van der Waals surface area contributed by atoms with Crippen LogP contribution in [0.4, 0.5) is 0 Å². The molecular formula is C34H54OS2. The van der Waals surface area contributed by atoms with Gasteiger partial charge in [0.25, 0.3) is 0 Å². The number of hydrogen-bond donors (Lipinski definition) is 0. The van der Waals surface area contributed by atoms with E-state index in [1.165, 1.54) is 89.3 Å². The van der Waals surface area contributed by atoms with Gasteiger partial charge in [-0.1, -0.05) is 132 Å². The second kappa shape index (κ2) is 12.9. The molecule has 3 rings (SSSR count). The highest BCUT2D eigenvalue weighted by molar-refractivity contribution is 7.23. The number of Topliss-reactive ketones (excluding diaryl/α,β-unsaturated/α-hetero) is 1. The third-order valence-corrected chi connectivity index (χ3v) is 11.5. The molecule has 1 nitrogen and oxygen atoms in total. The minimum atomic E-state index is -0.339. The summed E-state index contributed by atoms with van der Waals surface area (Å²) in [6.45, 7) is 18.4. The van der Waals surface area contributed by atoms with Gasteiger partial charge >= 0.3 is 0 Å². The highest BCUT2D eigenvalue weighted by Gasteiger charge is 2.48. The van der Waals surface area contributed by atoms with E-state index in [4.69, 9.17) is 0 Å². The predicted molar refractivity (Wildman–Crippen MR) is 167 cm³/mol. The molecule has 0 N–H and O–H groups in total. The van der Waals surface area contributed by atoms with Crippen LogP contribution in [0.5, 0.6) is 0 Å². The predicted octanol–water partition coefficient (Wildman–Crippen LogP) is 12.0. The summed E-state index contributed by atoms with van der Waals surface area (Å²) in [5.74, 6) is 0.433. The molecule has 0 atom stereocenters. The molecule has 208 valence electrons. The van der Waals surface area contributed by atoms with Gasteiger partial charge in [0.15, 0.2) is 5.78 Å². The molecule has 0 fully saturated rings. The van der Waals surface area contributed by atoms with Crippen molar-refractivity contribution in [3.05, 3.63) is 33.0 Å². The van der Waals surface area contributed by atoms with Gasteiger partial charge in [-0.15, -0.1) is 22.7 Å². The van der Waals surface area contributed by atoms with Gasteiger partial charge in [-0.25, -0.2) is 0 Å². The monoisotopic (exact) mass is 542 g/mol. The second-order valence-corrected chi connectivity index (χ2v) is 15.8. The van der Waals surface area contributed by atoms with E-state index in [0.29, 0.717) is 5.78 Å². The Morgan fingerprint density at radius 2 is 1.05 bits per heavy atom. The molecule has 0 spiro atoms. The van der Waals surface area contributed by atoms with Crippen molar-refractivity contribution in [2.24, 2.45) is 0 Å². The van der Waals surface area contributed by atoms with Crippen molar-refractivity contribution in [3.63, 3.8) is 0 Å². The van der Waals surface area contributed by atoms with Crippen molar-refractivity contribution in [3.8, 4) is 9.75 Å². The van der Waals surface area contributed by atoms with Crippen molar-refractivity contribution in [1.82, 2.24) is 0 Å². The van der Waals surface area contributed by atoms with Gasteiger partial charge in [0, 0.05) is 20.2 Å². The summed E-state index contributed by atoms with van der Waals surface area (Å²) in [7, 11) is 0. The van der Waals surface area contributed by atoms with Crippen molar-refractivity contribution in [2.45, 2.75) is 162 Å². The van der Waals surface area contributed by atoms with Crippen LogP contribution in [0.3, 0.4) is 0 Å². The fourth-order valence-electron chi connectivity index (χ4n) is 5.80. The Labute approximate surface area is 236 Å². The maximum absolute atomic E-state index is 14.6. The number of ketones is 1. The van der Waals surface area contributed by atoms with E-state index < -0.39 is 0 Å². The molecule has 0 radical (unpaired) electrons. The van der Waals surface area contributed by atoms with E-state index in [0.717, 1.165) is 31.2 Å². The maximum atomic E-state index is 14.6. The van der Waals surface area contributed by atoms with Gasteiger partial charge in [0.05, 0.1) is 10.3 Å². The topological polar surface area (TPSA) is 17.1 Å². The van der Waals surface area contributed by atoms with Crippen LogP contribution in [0.1, 0.15) is 171 Å². The van der Waals surface area contributed by atoms with Gasteiger partial charge < -0.3 is 0 Å². The Balaban J connectivity index is 2.02. The molecule has 0 bridgehead atoms. The number of unbranched alkanes of at least 4 members (excludes halogenated alkanes) is 10. The molecule has 2 aromatic rings. The fraction of sp³-hybridized carbons (Fsp3) is 0.735. The van der Waals surface area contributed by atoms with Crippen molar-refractivity contribution in [2.75, 3.05) is 0 Å². The summed E-state index contributed by atoms with van der Waals surface area (Å²) in [4.78, 5) is 20.1. The van der Waals surface area contributed by atoms with Gasteiger partial charge in [-0.2, -0.15) is 0 Å². The number of fused-ring (bicyclic) bond motifs is 3. The van der Waals surface area contributed by atoms with E-state index in [-0.39, 0.29) is 16.2 Å². The SMILES string of the molecule is CCCCCCCCC1(CCCCCCCC)C(=O)c2cc(C(C)(C)C)sc2-c2sc(C(C)(C)C)cc21. The highest BCUT2D eigenvalue weighted by atomic mass is 32.1. The summed E-state index contributed by atoms with van der Waals surface area (Å²) in [5, 5.41) is 0. The first-order chi connectivity index (χ1) is 17.5. The lowest BCUT2D eigenvalue weighted by Gasteiger charge is -2.36. The molecule has 2 heterocycles. The van der Waals surface area contributed by atoms with E-state index >= 15 is 0 Å². The molecule has 2 aromatic heterocycles. The zero-order valence-corrected chi connectivity index (χ0v) is 26.9. The van der Waals surface area contributed by atoms with Crippen molar-refractivity contribution >= 4 is 28.5 Å². The zero-order chi connectivity index (χ0) is 27.3. The number of thiophene rings is 2. The lowest BCUT2D eigenvalue weighted by atomic mass is 9.65. The van der Waals surface area contributed by atoms with Gasteiger partial charge in [-0.3, -0.25) is 4.79 Å². The number of carbonyl (C=O) groups excluding carboxylic acids is 1. The fourth-order valence-corrected chi connectivity index (χ4v) is 8.49. The Morgan fingerprint density at radius 1 is 0.622 bits per heavy atom. The quantitative estimate of drug-likeness (QED) is 0.217. The standard InChI is InChI=1S/C34H54OS2/c1-9-11-13-15-17-19-21-34(22-20-18-16-14-12-10-2)26-24-28(33(6,7)8)37-30(26)29-25(31(34)35)23-27(36-29)32(3,4)5/h23-24H,9-22H2,1-8H3. The first-order valence-electron chi connectivity index (χ1n) is 15.3. The Morgan fingerprint density at radius 3 is 1.54 bits per heavy atom. The first-order valence-corrected chi connectivity index (χ1v) is 16.9. The van der Waals surface area contributed by atoms with Crippen LogP contribution >= 0.6 is 22.7 Å². The minimum Gasteiger partial charge on any atom is -0.293 e. The van der Waals surface area contributed by atoms with Crippen LogP contribution in [-0.4, -0.2) is 5.78 Å². The number of carbonyl (C=O) groups is 1. The molecule has 0 saturated carbocycles. The summed E-state index contributed by atoms with van der Waals surface area (Å²) >= 11 is 3.85. The Hall–Kier alpha value is -0.930. The lowest BCUT2D eigenvalue weighted by molar-refractivity contribution is 0.0855. The van der Waals surface area contributed by atoms with E-state index in [1.54, 1.807) is 0 Å². The average Bonchev–Trinajstić information content (AvgIpc) is 3.47. The largest absolute Gasteiger partial charge is 0.293 e. The highest BCUT2D eigenvalue weighted by Crippen LogP contribution is 2.56. The Kier molecular flexibility index (Phi) is 10.7. The van der Waals surface area contributed by atoms with E-state index in [9.17, 15) is 4.79 Å². The smallest absolute Gasteiger partial charge is 0.174 e. The molecule has 0 aliphatic heterocycles. The van der Waals surface area contributed by atoms with E-state index in [2.05, 4.69) is 67.5 Å². The third-order valence-electron chi connectivity index (χ3n) is 8.26. The molecular weight excluding hydrogens is 489 g/mol. The summed E-state index contributed by atoms with van der Waals surface area (Å²) in [6, 6.07) is 4.74. The summed E-state index contributed by atoms with van der Waals surface area (Å²) in [5.41, 5.74) is 2.23. The van der Waals surface area contributed by atoms with Gasteiger partial charge in [-0.05, 0) is 41.4 Å². The lowest BCUT2D eigenvalue weighted by Crippen LogP contribution is -2.38. The minimum absolute atomic E-state index is 0.0633. The van der Waals surface area contributed by atoms with Gasteiger partial charge in [0.2, 0.25) is 0 Å². The van der Waals surface area contributed by atoms with Crippen molar-refractivity contribution < 1.29 is 4.79 Å². The molecule has 37 heavy (non-hydrogen) atoms. The molecule has 1 aliphatic rings. The first kappa shape index (κ1) is 30.6. The van der Waals surface area contributed by atoms with E-state index in [1.807, 2.05) is 22.7 Å². The van der Waals surface area contributed by atoms with Crippen molar-refractivity contribution in [1.29, 1.82) is 0 Å². The molecule has 0 unspecified atom stereocenters. The van der Waals surface area contributed by atoms with Crippen LogP contribution in [0.25, 0.3) is 9.75 Å². The van der Waals surface area contributed by atoms with Crippen LogP contribution in [0.2, 0.25) is 0 Å². The third kappa shape index (κ3) is 7.18. The van der Waals surface area contributed by atoms with Crippen LogP contribution in [0.15, 0.2) is 12.1 Å². The number of rotatable bonds is 14. The van der Waals surface area contributed by atoms with Gasteiger partial charge in [0.1, 0.15) is 0 Å². The molecule has 1 aliphatic carbocycles. The maximum Gasteiger partial charge on any atom is 0.174 e. The Bertz CT molecular complexity index is 992. The zero-order valence-electron chi connectivity index (χ0n) is 25.3. The summed E-state index contributed by atoms with van der Waals surface area (Å²) < 4.78 is 0. The average molecular weight is 543 g/mol. The normalized spacial score (nSPS) is 15.2. The molecule has 3 heteroatoms. The van der Waals surface area contributed by atoms with Crippen LogP contribution in [-0.2, 0) is 16.2 Å². The molecule has 0 amide bonds. The second-order valence-electron chi connectivity index (χ2n) is 13.7. The number of hydrogen-bond acceptors (Lipinski definition) is 3. The van der Waals surface area contributed by atoms with Crippen LogP contribution < -0.4 is 0 Å².